The monoisotopic (exact) mass is 573 g/mol. The highest BCUT2D eigenvalue weighted by molar-refractivity contribution is 6.06. The van der Waals surface area contributed by atoms with Crippen LogP contribution < -0.4 is 19.1 Å². The predicted octanol–water partition coefficient (Wildman–Crippen LogP) is 4.96. The number of rotatable bonds is 11. The van der Waals surface area contributed by atoms with Gasteiger partial charge in [-0.15, -0.1) is 0 Å². The van der Waals surface area contributed by atoms with Crippen LogP contribution in [0.4, 0.5) is 14.5 Å². The number of amidine groups is 1. The number of benzene rings is 2. The molecule has 2 aliphatic rings. The summed E-state index contributed by atoms with van der Waals surface area (Å²) in [4.78, 5) is 28.0. The minimum atomic E-state index is -1.01. The topological polar surface area (TPSA) is 112 Å². The number of nitrogens with one attached hydrogen (secondary N) is 1. The van der Waals surface area contributed by atoms with Crippen LogP contribution in [0, 0.1) is 11.2 Å². The number of aliphatic carboxylic acids is 1. The molecule has 0 spiro atoms. The van der Waals surface area contributed by atoms with Crippen LogP contribution in [0.5, 0.6) is 17.2 Å². The summed E-state index contributed by atoms with van der Waals surface area (Å²) in [5.41, 5.74) is 1.81. The summed E-state index contributed by atoms with van der Waals surface area (Å²) in [6.07, 6.45) is -0.410. The number of alkyl halides is 1. The maximum atomic E-state index is 15.2. The van der Waals surface area contributed by atoms with Crippen LogP contribution in [0.3, 0.4) is 0 Å². The minimum Gasteiger partial charge on any atom is -0.493 e. The van der Waals surface area contributed by atoms with Gasteiger partial charge in [-0.3, -0.25) is 15.0 Å². The van der Waals surface area contributed by atoms with Crippen molar-refractivity contribution in [1.82, 2.24) is 4.90 Å². The summed E-state index contributed by atoms with van der Waals surface area (Å²) >= 11 is 0. The molecule has 222 valence electrons. The van der Waals surface area contributed by atoms with Gasteiger partial charge in [-0.05, 0) is 42.0 Å². The summed E-state index contributed by atoms with van der Waals surface area (Å²) in [6, 6.07) is 5.05. The Morgan fingerprint density at radius 3 is 2.46 bits per heavy atom. The molecule has 2 heterocycles. The van der Waals surface area contributed by atoms with E-state index in [-0.39, 0.29) is 61.3 Å². The summed E-state index contributed by atoms with van der Waals surface area (Å²) in [7, 11) is 2.73. The molecule has 2 aromatic carbocycles. The minimum absolute atomic E-state index is 0.0461. The van der Waals surface area contributed by atoms with Crippen molar-refractivity contribution in [1.29, 1.82) is 5.41 Å². The second kappa shape index (κ2) is 11.9. The molecule has 41 heavy (non-hydrogen) atoms. The zero-order valence-corrected chi connectivity index (χ0v) is 24.1. The number of Topliss-reactive ketones (excluding diaryl/α,β-unsaturated/α-hetero) is 1. The number of anilines is 1. The van der Waals surface area contributed by atoms with Gasteiger partial charge in [0.1, 0.15) is 17.8 Å². The summed E-state index contributed by atoms with van der Waals surface area (Å²) in [5, 5.41) is 17.6. The lowest BCUT2D eigenvalue weighted by molar-refractivity contribution is -0.137. The molecular formula is C30H37F2N3O6. The molecule has 1 unspecified atom stereocenters. The highest BCUT2D eigenvalue weighted by Gasteiger charge is 2.34. The number of carboxylic acids is 1. The number of hydrogen-bond acceptors (Lipinski definition) is 7. The van der Waals surface area contributed by atoms with Gasteiger partial charge in [-0.1, -0.05) is 20.8 Å². The number of nitrogens with zero attached hydrogens (tertiary/aromatic N) is 2. The molecule has 0 aromatic heterocycles. The number of hydrogen-bond donors (Lipinski definition) is 2. The first-order chi connectivity index (χ1) is 19.3. The molecular weight excluding hydrogens is 536 g/mol. The standard InChI is InChI=1S/C30H37F2N3O6/c1-30(2,3)20-11-17(12-21(34-9-8-19(31)15-34)27(20)41-10-6-7-24(37)38)22(36)16-35-14-18-13-23(39-4)28(40-5)26(32)25(18)29(35)33/h11-13,19,33H,6-10,14-16H2,1-5H3,(H,37,38). The molecule has 11 heteroatoms. The zero-order chi connectivity index (χ0) is 30.1. The largest absolute Gasteiger partial charge is 0.493 e. The van der Waals surface area contributed by atoms with Crippen LogP contribution in [0.2, 0.25) is 0 Å². The van der Waals surface area contributed by atoms with Gasteiger partial charge in [0.2, 0.25) is 0 Å². The third kappa shape index (κ3) is 6.23. The van der Waals surface area contributed by atoms with Crippen molar-refractivity contribution in [3.05, 3.63) is 46.3 Å². The Bertz CT molecular complexity index is 1360. The lowest BCUT2D eigenvalue weighted by Crippen LogP contribution is -2.31. The molecule has 2 aromatic rings. The fourth-order valence-corrected chi connectivity index (χ4v) is 5.28. The van der Waals surface area contributed by atoms with Crippen molar-refractivity contribution < 1.29 is 37.7 Å². The highest BCUT2D eigenvalue weighted by Crippen LogP contribution is 2.42. The van der Waals surface area contributed by atoms with Crippen LogP contribution >= 0.6 is 0 Å². The normalized spacial score (nSPS) is 16.7. The molecule has 1 atom stereocenters. The first-order valence-electron chi connectivity index (χ1n) is 13.6. The lowest BCUT2D eigenvalue weighted by Gasteiger charge is -2.29. The van der Waals surface area contributed by atoms with Gasteiger partial charge < -0.3 is 29.1 Å². The van der Waals surface area contributed by atoms with Gasteiger partial charge in [-0.25, -0.2) is 8.78 Å². The smallest absolute Gasteiger partial charge is 0.303 e. The van der Waals surface area contributed by atoms with E-state index < -0.39 is 23.4 Å². The van der Waals surface area contributed by atoms with Crippen molar-refractivity contribution in [3.63, 3.8) is 0 Å². The number of ether oxygens (including phenoxy) is 3. The average Bonchev–Trinajstić information content (AvgIpc) is 3.48. The van der Waals surface area contributed by atoms with E-state index in [9.17, 15) is 14.0 Å². The molecule has 1 saturated heterocycles. The van der Waals surface area contributed by atoms with Crippen LogP contribution in [-0.4, -0.2) is 74.2 Å². The molecule has 0 aliphatic carbocycles. The highest BCUT2D eigenvalue weighted by atomic mass is 19.1. The molecule has 4 rings (SSSR count). The van der Waals surface area contributed by atoms with Gasteiger partial charge in [-0.2, -0.15) is 0 Å². The third-order valence-corrected chi connectivity index (χ3v) is 7.39. The maximum absolute atomic E-state index is 15.2. The van der Waals surface area contributed by atoms with Crippen molar-refractivity contribution in [2.45, 2.75) is 58.2 Å². The summed E-state index contributed by atoms with van der Waals surface area (Å²) in [6.45, 7) is 6.66. The van der Waals surface area contributed by atoms with Crippen molar-refractivity contribution in [2.24, 2.45) is 0 Å². The lowest BCUT2D eigenvalue weighted by atomic mass is 9.84. The van der Waals surface area contributed by atoms with Crippen LogP contribution in [-0.2, 0) is 16.8 Å². The number of ketones is 1. The van der Waals surface area contributed by atoms with Gasteiger partial charge >= 0.3 is 5.97 Å². The Labute approximate surface area is 238 Å². The zero-order valence-electron chi connectivity index (χ0n) is 24.1. The Morgan fingerprint density at radius 2 is 1.88 bits per heavy atom. The van der Waals surface area contributed by atoms with Crippen LogP contribution in [0.25, 0.3) is 0 Å². The van der Waals surface area contributed by atoms with Gasteiger partial charge in [0.05, 0.1) is 38.6 Å². The van der Waals surface area contributed by atoms with Gasteiger partial charge in [0, 0.05) is 37.2 Å². The average molecular weight is 574 g/mol. The van der Waals surface area contributed by atoms with Gasteiger partial charge in [0.25, 0.3) is 0 Å². The van der Waals surface area contributed by atoms with Crippen molar-refractivity contribution >= 4 is 23.3 Å². The van der Waals surface area contributed by atoms with Crippen LogP contribution in [0.15, 0.2) is 18.2 Å². The van der Waals surface area contributed by atoms with E-state index in [1.54, 1.807) is 18.2 Å². The van der Waals surface area contributed by atoms with Crippen molar-refractivity contribution in [2.75, 3.05) is 45.4 Å². The van der Waals surface area contributed by atoms with E-state index in [4.69, 9.17) is 24.7 Å². The number of halogens is 2. The Hall–Kier alpha value is -3.89. The Balaban J connectivity index is 1.67. The molecule has 0 amide bonds. The molecule has 2 aliphatic heterocycles. The summed E-state index contributed by atoms with van der Waals surface area (Å²) in [5.74, 6) is -1.42. The molecule has 2 N–H and O–H groups in total. The van der Waals surface area contributed by atoms with E-state index in [0.29, 0.717) is 42.0 Å². The Kier molecular flexibility index (Phi) is 8.74. The molecule has 0 saturated carbocycles. The quantitative estimate of drug-likeness (QED) is 0.287. The van der Waals surface area contributed by atoms with Crippen LogP contribution in [0.1, 0.15) is 67.1 Å². The first kappa shape index (κ1) is 30.1. The number of carboxylic acid groups (broad SMARTS) is 1. The number of carbonyl (C=O) groups is 2. The Morgan fingerprint density at radius 1 is 1.15 bits per heavy atom. The van der Waals surface area contributed by atoms with E-state index in [0.717, 1.165) is 5.56 Å². The van der Waals surface area contributed by atoms with E-state index in [1.807, 2.05) is 25.7 Å². The summed E-state index contributed by atoms with van der Waals surface area (Å²) < 4.78 is 46.0. The fourth-order valence-electron chi connectivity index (χ4n) is 5.28. The van der Waals surface area contributed by atoms with Crippen molar-refractivity contribution in [3.8, 4) is 17.2 Å². The molecule has 9 nitrogen and oxygen atoms in total. The number of fused-ring (bicyclic) bond motifs is 1. The van der Waals surface area contributed by atoms with E-state index in [2.05, 4.69) is 0 Å². The predicted molar refractivity (Wildman–Crippen MR) is 150 cm³/mol. The third-order valence-electron chi connectivity index (χ3n) is 7.39. The SMILES string of the molecule is COc1cc2c(c(F)c1OC)C(=N)N(CC(=O)c1cc(N3CCC(F)C3)c(OCCCC(=O)O)c(C(C)(C)C)c1)C2. The van der Waals surface area contributed by atoms with E-state index in [1.165, 1.54) is 19.1 Å². The number of methoxy groups -OCH3 is 2. The second-order valence-electron chi connectivity index (χ2n) is 11.4. The molecule has 0 radical (unpaired) electrons. The maximum Gasteiger partial charge on any atom is 0.303 e. The molecule has 1 fully saturated rings. The fraction of sp³-hybridized carbons (Fsp3) is 0.500. The first-order valence-corrected chi connectivity index (χ1v) is 13.6. The molecule has 0 bridgehead atoms. The van der Waals surface area contributed by atoms with E-state index >= 15 is 4.39 Å². The number of carbonyl (C=O) groups excluding carboxylic acids is 1. The van der Waals surface area contributed by atoms with Gasteiger partial charge in [0.15, 0.2) is 23.1 Å². The second-order valence-corrected chi connectivity index (χ2v) is 11.4.